The van der Waals surface area contributed by atoms with Gasteiger partial charge in [-0.05, 0) is 35.8 Å². The van der Waals surface area contributed by atoms with Gasteiger partial charge >= 0.3 is 49.4 Å². The van der Waals surface area contributed by atoms with E-state index in [2.05, 4.69) is 49.4 Å². The van der Waals surface area contributed by atoms with Crippen molar-refractivity contribution >= 4 is 60.8 Å². The Hall–Kier alpha value is 0.0844. The molecule has 4 atom stereocenters. The normalized spacial score (nSPS) is 22.9. The van der Waals surface area contributed by atoms with Crippen LogP contribution in [0.5, 0.6) is 5.75 Å². The number of halogens is 2. The molecule has 4 unspecified atom stereocenters. The van der Waals surface area contributed by atoms with Crippen molar-refractivity contribution in [2.24, 2.45) is 11.8 Å². The minimum atomic E-state index is -1.24. The molecule has 0 bridgehead atoms. The maximum atomic E-state index is 12.7. The van der Waals surface area contributed by atoms with Crippen molar-refractivity contribution in [3.05, 3.63) is 71.3 Å². The van der Waals surface area contributed by atoms with Crippen molar-refractivity contribution in [3.63, 3.8) is 0 Å². The van der Waals surface area contributed by atoms with E-state index in [4.69, 9.17) is 4.52 Å². The van der Waals surface area contributed by atoms with Gasteiger partial charge in [-0.3, -0.25) is 4.79 Å². The first kappa shape index (κ1) is 28.1. The first-order chi connectivity index (χ1) is 14.3. The molecular formula is C23H29I2O3PV. The second-order valence-electron chi connectivity index (χ2n) is 6.78. The summed E-state index contributed by atoms with van der Waals surface area (Å²) in [6.07, 6.45) is 0. The maximum absolute atomic E-state index is 12.7. The Bertz CT molecular complexity index is 843. The molecule has 0 spiro atoms. The minimum absolute atomic E-state index is 0.0981. The molecule has 7 heteroatoms. The van der Waals surface area contributed by atoms with Crippen molar-refractivity contribution in [2.45, 2.75) is 40.2 Å². The third-order valence-electron chi connectivity index (χ3n) is 5.44. The summed E-state index contributed by atoms with van der Waals surface area (Å²) in [6, 6.07) is 17.1. The van der Waals surface area contributed by atoms with E-state index in [1.54, 1.807) is 0 Å². The number of Topliss-reactive ketones (excluding diaryl/α,β-unsaturated/α-hetero) is 1. The van der Waals surface area contributed by atoms with Gasteiger partial charge in [0.05, 0.1) is 9.47 Å². The van der Waals surface area contributed by atoms with Crippen LogP contribution in [0.4, 0.5) is 0 Å². The summed E-state index contributed by atoms with van der Waals surface area (Å²) in [6.45, 7) is 9.65. The SMILES string of the molecule is CC.CC1=C(c2ccccc2)C(O)(c2ccc(OP)cc2)C(C)C(C)C1=O.[I][V][I]. The zero-order chi connectivity index (χ0) is 22.9. The van der Waals surface area contributed by atoms with E-state index in [1.807, 2.05) is 89.2 Å². The molecule has 0 fully saturated rings. The fraction of sp³-hybridized carbons (Fsp3) is 0.348. The van der Waals surface area contributed by atoms with Gasteiger partial charge in [0.15, 0.2) is 5.78 Å². The van der Waals surface area contributed by atoms with E-state index in [-0.39, 0.29) is 17.6 Å². The molecule has 3 nitrogen and oxygen atoms in total. The van der Waals surface area contributed by atoms with Gasteiger partial charge in [-0.25, -0.2) is 0 Å². The van der Waals surface area contributed by atoms with Crippen LogP contribution in [0.3, 0.4) is 0 Å². The number of allylic oxidation sites excluding steroid dienone is 1. The first-order valence-electron chi connectivity index (χ1n) is 9.75. The van der Waals surface area contributed by atoms with Crippen LogP contribution in [-0.2, 0) is 19.9 Å². The van der Waals surface area contributed by atoms with Gasteiger partial charge in [0, 0.05) is 17.4 Å². The summed E-state index contributed by atoms with van der Waals surface area (Å²) in [5.41, 5.74) is 1.73. The molecule has 3 rings (SSSR count). The summed E-state index contributed by atoms with van der Waals surface area (Å²) in [4.78, 5) is 12.7. The Kier molecular flexibility index (Phi) is 12.7. The van der Waals surface area contributed by atoms with Crippen molar-refractivity contribution in [3.8, 4) is 5.75 Å². The van der Waals surface area contributed by atoms with Crippen molar-refractivity contribution in [2.75, 3.05) is 0 Å². The van der Waals surface area contributed by atoms with Crippen molar-refractivity contribution < 1.29 is 23.9 Å². The van der Waals surface area contributed by atoms with Crippen molar-refractivity contribution in [1.29, 1.82) is 0 Å². The molecule has 2 aromatic carbocycles. The molecule has 0 aromatic heterocycles. The Balaban J connectivity index is 0.000000826. The zero-order valence-corrected chi connectivity index (χ0v) is 24.8. The molecule has 0 saturated heterocycles. The standard InChI is InChI=1S/C21H23O3P.C2H6.2HI.V/c1-13-15(3)21(23,17-9-11-18(24-25)12-10-17)19(14(2)20(13)22)16-7-5-4-6-8-16;1-2;;;/h4-13,15,23H,25H2,1-3H3;1-2H3;2*1H;/q;;;;+2/p-2. The number of carbonyl (C=O) groups excluding carboxylic acids is 1. The number of ketones is 1. The molecule has 2 aromatic rings. The van der Waals surface area contributed by atoms with E-state index in [1.165, 1.54) is 0 Å². The quantitative estimate of drug-likeness (QED) is 0.275. The fourth-order valence-electron chi connectivity index (χ4n) is 3.80. The van der Waals surface area contributed by atoms with E-state index < -0.39 is 5.60 Å². The molecule has 0 aliphatic heterocycles. The van der Waals surface area contributed by atoms with E-state index in [9.17, 15) is 9.90 Å². The third kappa shape index (κ3) is 6.11. The second kappa shape index (κ2) is 13.6. The van der Waals surface area contributed by atoms with Gasteiger partial charge in [0.25, 0.3) is 0 Å². The predicted molar refractivity (Wildman–Crippen MR) is 142 cm³/mol. The van der Waals surface area contributed by atoms with Crippen LogP contribution >= 0.6 is 49.4 Å². The van der Waals surface area contributed by atoms with Crippen molar-refractivity contribution in [1.82, 2.24) is 0 Å². The topological polar surface area (TPSA) is 46.5 Å². The summed E-state index contributed by atoms with van der Waals surface area (Å²) in [5.74, 6) is 0.296. The van der Waals surface area contributed by atoms with E-state index in [0.29, 0.717) is 26.4 Å². The van der Waals surface area contributed by atoms with Gasteiger partial charge in [0.1, 0.15) is 11.4 Å². The van der Waals surface area contributed by atoms with Crippen LogP contribution in [0.15, 0.2) is 60.2 Å². The fourth-order valence-corrected chi connectivity index (χ4v) is 3.96. The molecule has 0 saturated carbocycles. The molecule has 30 heavy (non-hydrogen) atoms. The zero-order valence-electron chi connectivity index (χ0n) is 17.9. The molecule has 1 aliphatic carbocycles. The predicted octanol–water partition coefficient (Wildman–Crippen LogP) is 7.17. The third-order valence-corrected chi connectivity index (χ3v) is 5.71. The molecule has 1 aliphatic rings. The Labute approximate surface area is 212 Å². The molecular weight excluding hydrogens is 660 g/mol. The summed E-state index contributed by atoms with van der Waals surface area (Å²) in [7, 11) is 2.84. The van der Waals surface area contributed by atoms with Crippen LogP contribution in [0.2, 0.25) is 0 Å². The molecule has 1 N–H and O–H groups in total. The summed E-state index contributed by atoms with van der Waals surface area (Å²) < 4.78 is 5.16. The van der Waals surface area contributed by atoms with Crippen LogP contribution in [0, 0.1) is 11.8 Å². The average Bonchev–Trinajstić information content (AvgIpc) is 2.79. The Morgan fingerprint density at radius 3 is 2.00 bits per heavy atom. The molecule has 0 heterocycles. The van der Waals surface area contributed by atoms with Crippen LogP contribution in [-0.4, -0.2) is 10.9 Å². The van der Waals surface area contributed by atoms with Crippen LogP contribution in [0.1, 0.15) is 45.7 Å². The van der Waals surface area contributed by atoms with Gasteiger partial charge in [0.2, 0.25) is 0 Å². The number of hydrogen-bond donors (Lipinski definition) is 1. The Morgan fingerprint density at radius 2 is 1.53 bits per heavy atom. The summed E-state index contributed by atoms with van der Waals surface area (Å²) in [5, 5.41) is 11.9. The second-order valence-corrected chi connectivity index (χ2v) is 18.8. The van der Waals surface area contributed by atoms with Gasteiger partial charge in [-0.2, -0.15) is 0 Å². The van der Waals surface area contributed by atoms with Crippen LogP contribution in [0.25, 0.3) is 5.57 Å². The number of benzene rings is 2. The number of hydrogen-bond acceptors (Lipinski definition) is 3. The number of rotatable bonds is 3. The van der Waals surface area contributed by atoms with Crippen LogP contribution < -0.4 is 4.52 Å². The van der Waals surface area contributed by atoms with Gasteiger partial charge < -0.3 is 9.63 Å². The van der Waals surface area contributed by atoms with E-state index >= 15 is 0 Å². The first-order valence-corrected chi connectivity index (χ1v) is 19.2. The Morgan fingerprint density at radius 1 is 1.03 bits per heavy atom. The van der Waals surface area contributed by atoms with E-state index in [0.717, 1.165) is 11.1 Å². The molecule has 163 valence electrons. The monoisotopic (exact) mass is 689 g/mol. The molecule has 0 radical (unpaired) electrons. The molecule has 0 amide bonds. The number of aliphatic hydroxyl groups is 1. The van der Waals surface area contributed by atoms with Gasteiger partial charge in [-0.1, -0.05) is 70.2 Å². The number of carbonyl (C=O) groups is 1. The van der Waals surface area contributed by atoms with Gasteiger partial charge in [-0.15, -0.1) is 0 Å². The average molecular weight is 689 g/mol. The summed E-state index contributed by atoms with van der Waals surface area (Å²) >= 11 is 4.74.